The highest BCUT2D eigenvalue weighted by atomic mass is 35.5. The number of halogens is 3. The highest BCUT2D eigenvalue weighted by Gasteiger charge is 2.22. The summed E-state index contributed by atoms with van der Waals surface area (Å²) in [7, 11) is 5.13. The Morgan fingerprint density at radius 3 is 2.53 bits per heavy atom. The summed E-state index contributed by atoms with van der Waals surface area (Å²) in [6.45, 7) is 3.96. The van der Waals surface area contributed by atoms with E-state index in [1.807, 2.05) is 54.4 Å². The Morgan fingerprint density at radius 1 is 1.06 bits per heavy atom. The van der Waals surface area contributed by atoms with Crippen molar-refractivity contribution >= 4 is 40.7 Å². The van der Waals surface area contributed by atoms with Crippen LogP contribution in [0.15, 0.2) is 54.7 Å². The van der Waals surface area contributed by atoms with Crippen LogP contribution in [0.3, 0.4) is 0 Å². The molecule has 3 heterocycles. The Hall–Kier alpha value is -3.44. The van der Waals surface area contributed by atoms with Gasteiger partial charge in [-0.2, -0.15) is 0 Å². The van der Waals surface area contributed by atoms with Gasteiger partial charge in [0.25, 0.3) is 0 Å². The monoisotopic (exact) mass is 697 g/mol. The van der Waals surface area contributed by atoms with Crippen molar-refractivity contribution in [1.82, 2.24) is 25.5 Å². The molecule has 9 nitrogen and oxygen atoms in total. The minimum atomic E-state index is -0.434. The fourth-order valence-electron chi connectivity index (χ4n) is 5.81. The van der Waals surface area contributed by atoms with Crippen LogP contribution >= 0.6 is 34.8 Å². The van der Waals surface area contributed by atoms with E-state index in [2.05, 4.69) is 15.6 Å². The van der Waals surface area contributed by atoms with Gasteiger partial charge in [0.2, 0.25) is 11.8 Å². The van der Waals surface area contributed by atoms with Crippen molar-refractivity contribution < 1.29 is 19.4 Å². The molecule has 4 aromatic rings. The second-order valence-electron chi connectivity index (χ2n) is 11.7. The molecule has 0 saturated carbocycles. The van der Waals surface area contributed by atoms with E-state index in [0.29, 0.717) is 92.9 Å². The van der Waals surface area contributed by atoms with E-state index < -0.39 is 6.10 Å². The van der Waals surface area contributed by atoms with Crippen LogP contribution in [0.4, 0.5) is 0 Å². The quantitative estimate of drug-likeness (QED) is 0.143. The van der Waals surface area contributed by atoms with Crippen LogP contribution in [0.1, 0.15) is 30.9 Å². The van der Waals surface area contributed by atoms with Gasteiger partial charge in [-0.3, -0.25) is 14.7 Å². The molecule has 0 spiro atoms. The first kappa shape index (κ1) is 34.9. The van der Waals surface area contributed by atoms with E-state index in [-0.39, 0.29) is 11.9 Å². The number of aliphatic hydroxyl groups excluding tert-OH is 1. The van der Waals surface area contributed by atoms with Crippen molar-refractivity contribution in [3.8, 4) is 45.3 Å². The molecule has 1 fully saturated rings. The number of carbonyl (C=O) groups is 1. The van der Waals surface area contributed by atoms with E-state index in [1.165, 1.54) is 0 Å². The summed E-state index contributed by atoms with van der Waals surface area (Å²) in [5.41, 5.74) is 5.71. The number of hydrogen-bond donors (Lipinski definition) is 3. The van der Waals surface area contributed by atoms with Crippen LogP contribution in [-0.2, 0) is 17.9 Å². The van der Waals surface area contributed by atoms with Gasteiger partial charge in [-0.25, -0.2) is 4.98 Å². The van der Waals surface area contributed by atoms with Crippen molar-refractivity contribution in [2.24, 2.45) is 0 Å². The van der Waals surface area contributed by atoms with Crippen molar-refractivity contribution in [2.45, 2.75) is 45.0 Å². The van der Waals surface area contributed by atoms with Gasteiger partial charge in [0.15, 0.2) is 0 Å². The fourth-order valence-corrected chi connectivity index (χ4v) is 6.71. The molecule has 0 bridgehead atoms. The van der Waals surface area contributed by atoms with Gasteiger partial charge in [-0.15, -0.1) is 0 Å². The molecule has 1 aliphatic heterocycles. The van der Waals surface area contributed by atoms with Crippen LogP contribution in [0, 0.1) is 0 Å². The number of amides is 1. The third-order valence-electron chi connectivity index (χ3n) is 8.03. The molecule has 3 N–H and O–H groups in total. The zero-order chi connectivity index (χ0) is 33.7. The average molecular weight is 699 g/mol. The molecule has 5 rings (SSSR count). The molecular weight excluding hydrogens is 661 g/mol. The molecule has 2 atom stereocenters. The molecule has 1 amide bonds. The number of nitrogens with zero attached hydrogens (tertiary/aromatic N) is 3. The van der Waals surface area contributed by atoms with Crippen LogP contribution in [0.5, 0.6) is 11.6 Å². The Kier molecular flexibility index (Phi) is 11.6. The molecule has 1 aliphatic rings. The summed E-state index contributed by atoms with van der Waals surface area (Å²) >= 11 is 20.9. The third-order valence-corrected chi connectivity index (χ3v) is 9.16. The van der Waals surface area contributed by atoms with E-state index in [1.54, 1.807) is 33.4 Å². The summed E-state index contributed by atoms with van der Waals surface area (Å²) in [5.74, 6) is 1.16. The number of pyridine rings is 2. The van der Waals surface area contributed by atoms with Gasteiger partial charge < -0.3 is 25.2 Å². The second-order valence-corrected chi connectivity index (χ2v) is 12.8. The SMILES string of the molecule is COc1cc(-c2nccc(-c3cccc(-c4cc(Cl)c(CNC[C@@H]5CCC(=O)N5)c(OC)n4)c3Cl)c2Cl)ccc1CN(C)C[C@H](C)O. The fraction of sp³-hybridized carbons (Fsp3) is 0.343. The second kappa shape index (κ2) is 15.6. The average Bonchev–Trinajstić information content (AvgIpc) is 3.46. The number of benzene rings is 2. The minimum absolute atomic E-state index is 0.0740. The predicted octanol–water partition coefficient (Wildman–Crippen LogP) is 6.64. The van der Waals surface area contributed by atoms with E-state index in [0.717, 1.165) is 17.5 Å². The van der Waals surface area contributed by atoms with E-state index in [4.69, 9.17) is 49.3 Å². The number of likely N-dealkylation sites (N-methyl/N-ethyl adjacent to an activating group) is 1. The first-order valence-corrected chi connectivity index (χ1v) is 16.4. The summed E-state index contributed by atoms with van der Waals surface area (Å²) < 4.78 is 11.3. The topological polar surface area (TPSA) is 109 Å². The largest absolute Gasteiger partial charge is 0.496 e. The summed E-state index contributed by atoms with van der Waals surface area (Å²) in [4.78, 5) is 22.9. The Balaban J connectivity index is 1.42. The van der Waals surface area contributed by atoms with Gasteiger partial charge in [0.1, 0.15) is 5.75 Å². The van der Waals surface area contributed by atoms with Crippen LogP contribution < -0.4 is 20.1 Å². The maximum atomic E-state index is 11.5. The Labute approximate surface area is 290 Å². The highest BCUT2D eigenvalue weighted by Crippen LogP contribution is 2.43. The molecule has 1 saturated heterocycles. The molecule has 2 aromatic heterocycles. The van der Waals surface area contributed by atoms with Crippen LogP contribution in [0.2, 0.25) is 15.1 Å². The van der Waals surface area contributed by atoms with Gasteiger partial charge in [-0.05, 0) is 38.6 Å². The van der Waals surface area contributed by atoms with Gasteiger partial charge in [0, 0.05) is 78.2 Å². The highest BCUT2D eigenvalue weighted by molar-refractivity contribution is 6.39. The zero-order valence-corrected chi connectivity index (χ0v) is 29.0. The lowest BCUT2D eigenvalue weighted by molar-refractivity contribution is -0.119. The normalized spacial score (nSPS) is 15.2. The molecular formula is C35H38Cl3N5O4. The van der Waals surface area contributed by atoms with Crippen LogP contribution in [-0.4, -0.2) is 72.4 Å². The number of aromatic nitrogens is 2. The summed E-state index contributed by atoms with van der Waals surface area (Å²) in [5, 5.41) is 17.4. The van der Waals surface area contributed by atoms with Gasteiger partial charge in [-0.1, -0.05) is 65.1 Å². The Bertz CT molecular complexity index is 1750. The summed E-state index contributed by atoms with van der Waals surface area (Å²) in [6, 6.07) is 15.2. The molecule has 0 radical (unpaired) electrons. The smallest absolute Gasteiger partial charge is 0.220 e. The van der Waals surface area contributed by atoms with Gasteiger partial charge in [0.05, 0.1) is 46.8 Å². The molecule has 0 unspecified atom stereocenters. The standard InChI is InChI=1S/C35H38Cl3N5O4/c1-20(44)18-43(2)19-22-9-8-21(14-30(22)46-3)34-33(38)25(12-13-40-34)24-6-5-7-26(32(24)37)29-15-28(36)27(35(42-29)47-4)17-39-16-23-10-11-31(45)41-23/h5-9,12-15,20,23,39,44H,10-11,16-19H2,1-4H3,(H,41,45)/t20-,23-/m0/s1. The minimum Gasteiger partial charge on any atom is -0.496 e. The molecule has 0 aliphatic carbocycles. The maximum Gasteiger partial charge on any atom is 0.220 e. The number of methoxy groups -OCH3 is 2. The number of carbonyl (C=O) groups excluding carboxylic acids is 1. The van der Waals surface area contributed by atoms with Crippen molar-refractivity contribution in [3.05, 3.63) is 80.9 Å². The maximum absolute atomic E-state index is 11.5. The van der Waals surface area contributed by atoms with Crippen LogP contribution in [0.25, 0.3) is 33.6 Å². The lowest BCUT2D eigenvalue weighted by Gasteiger charge is -2.20. The van der Waals surface area contributed by atoms with E-state index >= 15 is 0 Å². The molecule has 47 heavy (non-hydrogen) atoms. The molecule has 12 heteroatoms. The zero-order valence-electron chi connectivity index (χ0n) is 26.7. The third kappa shape index (κ3) is 8.17. The number of rotatable bonds is 13. The first-order chi connectivity index (χ1) is 22.6. The molecule has 248 valence electrons. The lowest BCUT2D eigenvalue weighted by Crippen LogP contribution is -2.35. The van der Waals surface area contributed by atoms with Crippen molar-refractivity contribution in [2.75, 3.05) is 34.4 Å². The van der Waals surface area contributed by atoms with Gasteiger partial charge >= 0.3 is 0 Å². The first-order valence-electron chi connectivity index (χ1n) is 15.3. The number of hydrogen-bond acceptors (Lipinski definition) is 8. The van der Waals surface area contributed by atoms with Crippen molar-refractivity contribution in [3.63, 3.8) is 0 Å². The predicted molar refractivity (Wildman–Crippen MR) is 187 cm³/mol. The summed E-state index contributed by atoms with van der Waals surface area (Å²) in [6.07, 6.45) is 2.62. The van der Waals surface area contributed by atoms with Crippen molar-refractivity contribution in [1.29, 1.82) is 0 Å². The number of ether oxygens (including phenoxy) is 2. The molecule has 2 aromatic carbocycles. The Morgan fingerprint density at radius 2 is 1.83 bits per heavy atom. The number of nitrogens with one attached hydrogen (secondary N) is 2. The van der Waals surface area contributed by atoms with E-state index in [9.17, 15) is 9.90 Å². The lowest BCUT2D eigenvalue weighted by atomic mass is 9.99. The number of aliphatic hydroxyl groups is 1.